The molecule has 116 valence electrons. The molecule has 21 heavy (non-hydrogen) atoms. The van der Waals surface area contributed by atoms with Gasteiger partial charge in [-0.2, -0.15) is 0 Å². The molecular formula is C14H20N2O4S. The Morgan fingerprint density at radius 2 is 1.81 bits per heavy atom. The van der Waals surface area contributed by atoms with Crippen LogP contribution in [-0.4, -0.2) is 40.3 Å². The Morgan fingerprint density at radius 1 is 1.14 bits per heavy atom. The van der Waals surface area contributed by atoms with E-state index in [1.807, 2.05) is 6.92 Å². The fourth-order valence-electron chi connectivity index (χ4n) is 2.65. The van der Waals surface area contributed by atoms with E-state index in [9.17, 15) is 8.42 Å². The summed E-state index contributed by atoms with van der Waals surface area (Å²) >= 11 is 0. The molecule has 0 aromatic heterocycles. The van der Waals surface area contributed by atoms with Crippen LogP contribution in [0.4, 0.5) is 0 Å². The predicted octanol–water partition coefficient (Wildman–Crippen LogP) is 0.878. The SMILES string of the molecule is CC1(NS(=O)(=O)c2ccc3c(c2)OCCO3)CCNCC1. The lowest BCUT2D eigenvalue weighted by Crippen LogP contribution is -2.52. The first-order valence-corrected chi connectivity index (χ1v) is 8.61. The van der Waals surface area contributed by atoms with E-state index >= 15 is 0 Å². The molecule has 3 rings (SSSR count). The van der Waals surface area contributed by atoms with Gasteiger partial charge in [0.05, 0.1) is 4.90 Å². The highest BCUT2D eigenvalue weighted by atomic mass is 32.2. The number of hydrogen-bond donors (Lipinski definition) is 2. The Kier molecular flexibility index (Phi) is 3.81. The van der Waals surface area contributed by atoms with Crippen LogP contribution in [-0.2, 0) is 10.0 Å². The molecule has 0 amide bonds. The lowest BCUT2D eigenvalue weighted by molar-refractivity contribution is 0.171. The third-order valence-corrected chi connectivity index (χ3v) is 5.55. The van der Waals surface area contributed by atoms with Crippen LogP contribution in [0.15, 0.2) is 23.1 Å². The maximum atomic E-state index is 12.6. The fourth-order valence-corrected chi connectivity index (χ4v) is 4.13. The van der Waals surface area contributed by atoms with E-state index in [4.69, 9.17) is 9.47 Å². The summed E-state index contributed by atoms with van der Waals surface area (Å²) in [5.74, 6) is 1.08. The minimum absolute atomic E-state index is 0.214. The van der Waals surface area contributed by atoms with Gasteiger partial charge in [0.1, 0.15) is 13.2 Å². The zero-order valence-electron chi connectivity index (χ0n) is 12.0. The normalized spacial score (nSPS) is 21.0. The smallest absolute Gasteiger partial charge is 0.241 e. The largest absolute Gasteiger partial charge is 0.486 e. The molecule has 1 fully saturated rings. The molecule has 6 nitrogen and oxygen atoms in total. The van der Waals surface area contributed by atoms with Crippen LogP contribution in [0.3, 0.4) is 0 Å². The zero-order valence-corrected chi connectivity index (χ0v) is 12.8. The minimum atomic E-state index is -3.57. The topological polar surface area (TPSA) is 76.7 Å². The van der Waals surface area contributed by atoms with Gasteiger partial charge in [-0.3, -0.25) is 0 Å². The number of sulfonamides is 1. The molecule has 2 N–H and O–H groups in total. The van der Waals surface area contributed by atoms with Crippen LogP contribution in [0, 0.1) is 0 Å². The summed E-state index contributed by atoms with van der Waals surface area (Å²) in [6, 6.07) is 4.73. The van der Waals surface area contributed by atoms with Gasteiger partial charge in [0.2, 0.25) is 10.0 Å². The summed E-state index contributed by atoms with van der Waals surface area (Å²) in [6.07, 6.45) is 1.55. The second-order valence-electron chi connectivity index (χ2n) is 5.72. The maximum Gasteiger partial charge on any atom is 0.241 e. The molecule has 2 aliphatic rings. The quantitative estimate of drug-likeness (QED) is 0.866. The first kappa shape index (κ1) is 14.6. The molecule has 0 radical (unpaired) electrons. The van der Waals surface area contributed by atoms with Crippen LogP contribution in [0.5, 0.6) is 11.5 Å². The highest BCUT2D eigenvalue weighted by Crippen LogP contribution is 2.32. The van der Waals surface area contributed by atoms with Crippen molar-refractivity contribution in [2.45, 2.75) is 30.2 Å². The van der Waals surface area contributed by atoms with Gasteiger partial charge in [-0.05, 0) is 45.0 Å². The van der Waals surface area contributed by atoms with Gasteiger partial charge in [-0.25, -0.2) is 13.1 Å². The van der Waals surface area contributed by atoms with Gasteiger partial charge in [0.15, 0.2) is 11.5 Å². The van der Waals surface area contributed by atoms with Gasteiger partial charge in [0, 0.05) is 11.6 Å². The average Bonchev–Trinajstić information content (AvgIpc) is 2.46. The molecule has 0 bridgehead atoms. The van der Waals surface area contributed by atoms with Crippen molar-refractivity contribution in [1.29, 1.82) is 0 Å². The summed E-state index contributed by atoms with van der Waals surface area (Å²) < 4.78 is 38.8. The number of ether oxygens (including phenoxy) is 2. The standard InChI is InChI=1S/C14H20N2O4S/c1-14(4-6-15-7-5-14)16-21(17,18)11-2-3-12-13(10-11)20-9-8-19-12/h2-3,10,15-16H,4-9H2,1H3. The van der Waals surface area contributed by atoms with Crippen LogP contribution >= 0.6 is 0 Å². The molecule has 0 unspecified atom stereocenters. The van der Waals surface area contributed by atoms with Gasteiger partial charge in [-0.15, -0.1) is 0 Å². The Hall–Kier alpha value is -1.31. The molecule has 7 heteroatoms. The van der Waals surface area contributed by atoms with Crippen molar-refractivity contribution >= 4 is 10.0 Å². The number of piperidine rings is 1. The zero-order chi connectivity index (χ0) is 14.9. The lowest BCUT2D eigenvalue weighted by Gasteiger charge is -2.34. The van der Waals surface area contributed by atoms with Crippen molar-refractivity contribution < 1.29 is 17.9 Å². The summed E-state index contributed by atoms with van der Waals surface area (Å²) in [7, 11) is -3.57. The lowest BCUT2D eigenvalue weighted by atomic mass is 9.92. The second-order valence-corrected chi connectivity index (χ2v) is 7.40. The second kappa shape index (κ2) is 5.47. The first-order valence-electron chi connectivity index (χ1n) is 7.13. The van der Waals surface area contributed by atoms with Crippen molar-refractivity contribution in [3.05, 3.63) is 18.2 Å². The molecule has 1 aromatic rings. The Labute approximate surface area is 124 Å². The highest BCUT2D eigenvalue weighted by molar-refractivity contribution is 7.89. The minimum Gasteiger partial charge on any atom is -0.486 e. The predicted molar refractivity (Wildman–Crippen MR) is 78.3 cm³/mol. The van der Waals surface area contributed by atoms with E-state index in [0.717, 1.165) is 25.9 Å². The van der Waals surface area contributed by atoms with E-state index in [2.05, 4.69) is 10.0 Å². The maximum absolute atomic E-state index is 12.6. The number of fused-ring (bicyclic) bond motifs is 1. The fraction of sp³-hybridized carbons (Fsp3) is 0.571. The molecule has 0 spiro atoms. The van der Waals surface area contributed by atoms with Crippen molar-refractivity contribution in [3.63, 3.8) is 0 Å². The number of rotatable bonds is 3. The molecular weight excluding hydrogens is 292 g/mol. The van der Waals surface area contributed by atoms with Crippen molar-refractivity contribution in [3.8, 4) is 11.5 Å². The number of benzene rings is 1. The molecule has 0 saturated carbocycles. The third-order valence-electron chi connectivity index (χ3n) is 3.91. The number of hydrogen-bond acceptors (Lipinski definition) is 5. The van der Waals surface area contributed by atoms with Crippen molar-refractivity contribution in [1.82, 2.24) is 10.0 Å². The van der Waals surface area contributed by atoms with Gasteiger partial charge < -0.3 is 14.8 Å². The number of nitrogens with one attached hydrogen (secondary N) is 2. The third kappa shape index (κ3) is 3.14. The average molecular weight is 312 g/mol. The van der Waals surface area contributed by atoms with Gasteiger partial charge >= 0.3 is 0 Å². The molecule has 0 atom stereocenters. The van der Waals surface area contributed by atoms with Crippen molar-refractivity contribution in [2.75, 3.05) is 26.3 Å². The molecule has 0 aliphatic carbocycles. The Bertz CT molecular complexity index is 624. The Balaban J connectivity index is 1.84. The highest BCUT2D eigenvalue weighted by Gasteiger charge is 2.32. The van der Waals surface area contributed by atoms with Gasteiger partial charge in [-0.1, -0.05) is 0 Å². The summed E-state index contributed by atoms with van der Waals surface area (Å²) in [5, 5.41) is 3.24. The van der Waals surface area contributed by atoms with Crippen LogP contribution < -0.4 is 19.5 Å². The van der Waals surface area contributed by atoms with Crippen LogP contribution in [0.25, 0.3) is 0 Å². The van der Waals surface area contributed by atoms with E-state index in [1.54, 1.807) is 12.1 Å². The summed E-state index contributed by atoms with van der Waals surface area (Å²) in [5.41, 5.74) is -0.405. The molecule has 2 aliphatic heterocycles. The van der Waals surface area contributed by atoms with E-state index in [0.29, 0.717) is 24.7 Å². The van der Waals surface area contributed by atoms with E-state index < -0.39 is 15.6 Å². The summed E-state index contributed by atoms with van der Waals surface area (Å²) in [4.78, 5) is 0.214. The summed E-state index contributed by atoms with van der Waals surface area (Å²) in [6.45, 7) is 4.51. The van der Waals surface area contributed by atoms with Crippen LogP contribution in [0.1, 0.15) is 19.8 Å². The molecule has 1 aromatic carbocycles. The van der Waals surface area contributed by atoms with Crippen molar-refractivity contribution in [2.24, 2.45) is 0 Å². The van der Waals surface area contributed by atoms with E-state index in [1.165, 1.54) is 6.07 Å². The molecule has 2 heterocycles. The Morgan fingerprint density at radius 3 is 2.52 bits per heavy atom. The monoisotopic (exact) mass is 312 g/mol. The van der Waals surface area contributed by atoms with E-state index in [-0.39, 0.29) is 4.90 Å². The molecule has 1 saturated heterocycles. The van der Waals surface area contributed by atoms with Gasteiger partial charge in [0.25, 0.3) is 0 Å². The first-order chi connectivity index (χ1) is 9.99. The van der Waals surface area contributed by atoms with Crippen LogP contribution in [0.2, 0.25) is 0 Å².